The molecule has 1 N–H and O–H groups in total. The lowest BCUT2D eigenvalue weighted by Crippen LogP contribution is -2.55. The molecule has 4 nitrogen and oxygen atoms in total. The maximum atomic E-state index is 12.4. The molecule has 2 rings (SSSR count). The Labute approximate surface area is 104 Å². The monoisotopic (exact) mass is 240 g/mol. The number of hydrogen-bond donors (Lipinski definition) is 1. The van der Waals surface area contributed by atoms with Gasteiger partial charge in [-0.15, -0.1) is 0 Å². The molecular formula is C13H24N2O2. The Kier molecular flexibility index (Phi) is 4.40. The zero-order valence-corrected chi connectivity index (χ0v) is 10.9. The van der Waals surface area contributed by atoms with Crippen molar-refractivity contribution < 1.29 is 9.53 Å². The number of hydrogen-bond acceptors (Lipinski definition) is 3. The number of amides is 1. The van der Waals surface area contributed by atoms with Gasteiger partial charge in [-0.05, 0) is 38.1 Å². The minimum absolute atomic E-state index is 0.0272. The van der Waals surface area contributed by atoms with Crippen molar-refractivity contribution in [2.75, 3.05) is 26.7 Å². The van der Waals surface area contributed by atoms with Crippen molar-refractivity contribution in [2.24, 2.45) is 5.92 Å². The van der Waals surface area contributed by atoms with Crippen molar-refractivity contribution >= 4 is 5.91 Å². The predicted molar refractivity (Wildman–Crippen MR) is 66.8 cm³/mol. The average molecular weight is 240 g/mol. The number of piperidine rings is 2. The van der Waals surface area contributed by atoms with Gasteiger partial charge in [-0.2, -0.15) is 0 Å². The van der Waals surface area contributed by atoms with Gasteiger partial charge in [0.25, 0.3) is 0 Å². The average Bonchev–Trinajstić information content (AvgIpc) is 2.38. The molecule has 4 heteroatoms. The second-order valence-electron chi connectivity index (χ2n) is 5.34. The molecule has 0 radical (unpaired) electrons. The van der Waals surface area contributed by atoms with Gasteiger partial charge in [0.1, 0.15) is 0 Å². The van der Waals surface area contributed by atoms with Crippen LogP contribution in [0, 0.1) is 5.92 Å². The Morgan fingerprint density at radius 3 is 2.88 bits per heavy atom. The van der Waals surface area contributed by atoms with Crippen LogP contribution >= 0.6 is 0 Å². The molecule has 1 amide bonds. The number of rotatable bonds is 2. The number of carbonyl (C=O) groups excluding carboxylic acids is 1. The Bertz CT molecular complexity index is 270. The zero-order valence-electron chi connectivity index (χ0n) is 10.9. The van der Waals surface area contributed by atoms with Crippen molar-refractivity contribution in [2.45, 2.75) is 44.8 Å². The summed E-state index contributed by atoms with van der Waals surface area (Å²) in [5.41, 5.74) is 0. The first-order chi connectivity index (χ1) is 8.22. The van der Waals surface area contributed by atoms with Crippen LogP contribution < -0.4 is 5.32 Å². The van der Waals surface area contributed by atoms with Gasteiger partial charge in [-0.3, -0.25) is 4.79 Å². The van der Waals surface area contributed by atoms with E-state index in [-0.39, 0.29) is 18.1 Å². The number of nitrogens with zero attached hydrogens (tertiary/aromatic N) is 1. The number of ether oxygens (including phenoxy) is 1. The van der Waals surface area contributed by atoms with Gasteiger partial charge >= 0.3 is 0 Å². The lowest BCUT2D eigenvalue weighted by Gasteiger charge is -2.37. The van der Waals surface area contributed by atoms with Gasteiger partial charge in [0.2, 0.25) is 5.91 Å². The van der Waals surface area contributed by atoms with E-state index in [1.165, 1.54) is 6.42 Å². The van der Waals surface area contributed by atoms with Crippen LogP contribution in [0.5, 0.6) is 0 Å². The number of likely N-dealkylation sites (tertiary alicyclic amines) is 1. The Balaban J connectivity index is 1.93. The Hall–Kier alpha value is -0.610. The van der Waals surface area contributed by atoms with E-state index in [2.05, 4.69) is 12.2 Å². The summed E-state index contributed by atoms with van der Waals surface area (Å²) in [6.45, 7) is 4.80. The summed E-state index contributed by atoms with van der Waals surface area (Å²) in [4.78, 5) is 14.4. The third-order valence-electron chi connectivity index (χ3n) is 4.06. The molecule has 2 saturated heterocycles. The molecule has 0 aromatic carbocycles. The van der Waals surface area contributed by atoms with Crippen molar-refractivity contribution in [3.05, 3.63) is 0 Å². The van der Waals surface area contributed by atoms with Crippen LogP contribution in [0.1, 0.15) is 32.6 Å². The van der Waals surface area contributed by atoms with E-state index in [1.54, 1.807) is 7.11 Å². The maximum absolute atomic E-state index is 12.4. The van der Waals surface area contributed by atoms with E-state index >= 15 is 0 Å². The SMILES string of the molecule is COC1CCCN(C(=O)C2NCCCC2C)C1. The van der Waals surface area contributed by atoms with E-state index in [9.17, 15) is 4.79 Å². The summed E-state index contributed by atoms with van der Waals surface area (Å²) in [7, 11) is 1.74. The molecule has 2 aliphatic rings. The van der Waals surface area contributed by atoms with Gasteiger partial charge in [-0.1, -0.05) is 6.92 Å². The molecular weight excluding hydrogens is 216 g/mol. The van der Waals surface area contributed by atoms with E-state index in [0.29, 0.717) is 5.92 Å². The second kappa shape index (κ2) is 5.83. The fourth-order valence-corrected chi connectivity index (χ4v) is 2.91. The molecule has 0 aromatic heterocycles. The molecule has 0 aliphatic carbocycles. The fraction of sp³-hybridized carbons (Fsp3) is 0.923. The van der Waals surface area contributed by atoms with E-state index in [4.69, 9.17) is 4.74 Å². The van der Waals surface area contributed by atoms with E-state index in [0.717, 1.165) is 38.9 Å². The molecule has 3 unspecified atom stereocenters. The quantitative estimate of drug-likeness (QED) is 0.783. The Morgan fingerprint density at radius 1 is 1.35 bits per heavy atom. The summed E-state index contributed by atoms with van der Waals surface area (Å²) in [5, 5.41) is 3.37. The summed E-state index contributed by atoms with van der Waals surface area (Å²) >= 11 is 0. The number of nitrogens with one attached hydrogen (secondary N) is 1. The molecule has 2 fully saturated rings. The molecule has 0 saturated carbocycles. The van der Waals surface area contributed by atoms with Crippen LogP contribution in [-0.2, 0) is 9.53 Å². The predicted octanol–water partition coefficient (Wildman–Crippen LogP) is 1.01. The standard InChI is InChI=1S/C13H24N2O2/c1-10-5-3-7-14-12(10)13(16)15-8-4-6-11(9-15)17-2/h10-12,14H,3-9H2,1-2H3. The zero-order chi connectivity index (χ0) is 12.3. The van der Waals surface area contributed by atoms with Crippen LogP contribution in [0.3, 0.4) is 0 Å². The molecule has 0 spiro atoms. The van der Waals surface area contributed by atoms with Crippen molar-refractivity contribution in [3.8, 4) is 0 Å². The normalized spacial score (nSPS) is 34.7. The maximum Gasteiger partial charge on any atom is 0.240 e. The van der Waals surface area contributed by atoms with Gasteiger partial charge in [0.05, 0.1) is 12.1 Å². The van der Waals surface area contributed by atoms with Crippen LogP contribution in [0.2, 0.25) is 0 Å². The molecule has 0 aromatic rings. The molecule has 2 heterocycles. The minimum Gasteiger partial charge on any atom is -0.380 e. The number of carbonyl (C=O) groups is 1. The second-order valence-corrected chi connectivity index (χ2v) is 5.34. The van der Waals surface area contributed by atoms with E-state index in [1.807, 2.05) is 4.90 Å². The van der Waals surface area contributed by atoms with Crippen molar-refractivity contribution in [1.82, 2.24) is 10.2 Å². The highest BCUT2D eigenvalue weighted by Crippen LogP contribution is 2.20. The highest BCUT2D eigenvalue weighted by atomic mass is 16.5. The molecule has 0 bridgehead atoms. The molecule has 3 atom stereocenters. The summed E-state index contributed by atoms with van der Waals surface area (Å²) in [5.74, 6) is 0.734. The molecule has 17 heavy (non-hydrogen) atoms. The third-order valence-corrected chi connectivity index (χ3v) is 4.06. The first kappa shape index (κ1) is 12.8. The lowest BCUT2D eigenvalue weighted by molar-refractivity contribution is -0.138. The Morgan fingerprint density at radius 2 is 2.18 bits per heavy atom. The minimum atomic E-state index is 0.0272. The van der Waals surface area contributed by atoms with Crippen LogP contribution in [0.4, 0.5) is 0 Å². The van der Waals surface area contributed by atoms with Crippen LogP contribution in [0.25, 0.3) is 0 Å². The molecule has 98 valence electrons. The summed E-state index contributed by atoms with van der Waals surface area (Å²) in [6.07, 6.45) is 4.71. The van der Waals surface area contributed by atoms with Crippen molar-refractivity contribution in [1.29, 1.82) is 0 Å². The van der Waals surface area contributed by atoms with E-state index < -0.39 is 0 Å². The lowest BCUT2D eigenvalue weighted by atomic mass is 9.91. The van der Waals surface area contributed by atoms with Crippen molar-refractivity contribution in [3.63, 3.8) is 0 Å². The third kappa shape index (κ3) is 2.99. The smallest absolute Gasteiger partial charge is 0.240 e. The van der Waals surface area contributed by atoms with Gasteiger partial charge < -0.3 is 15.0 Å². The highest BCUT2D eigenvalue weighted by molar-refractivity contribution is 5.82. The topological polar surface area (TPSA) is 41.6 Å². The fourth-order valence-electron chi connectivity index (χ4n) is 2.91. The molecule has 2 aliphatic heterocycles. The van der Waals surface area contributed by atoms with Crippen LogP contribution in [-0.4, -0.2) is 49.7 Å². The van der Waals surface area contributed by atoms with Gasteiger partial charge in [0, 0.05) is 20.2 Å². The first-order valence-electron chi connectivity index (χ1n) is 6.77. The highest BCUT2D eigenvalue weighted by Gasteiger charge is 2.33. The first-order valence-corrected chi connectivity index (χ1v) is 6.77. The number of methoxy groups -OCH3 is 1. The summed E-state index contributed by atoms with van der Waals surface area (Å²) in [6, 6.07) is 0.0272. The van der Waals surface area contributed by atoms with Gasteiger partial charge in [0.15, 0.2) is 0 Å². The summed E-state index contributed by atoms with van der Waals surface area (Å²) < 4.78 is 5.37. The van der Waals surface area contributed by atoms with Gasteiger partial charge in [-0.25, -0.2) is 0 Å². The van der Waals surface area contributed by atoms with Crippen LogP contribution in [0.15, 0.2) is 0 Å². The largest absolute Gasteiger partial charge is 0.380 e.